The van der Waals surface area contributed by atoms with E-state index in [2.05, 4.69) is 0 Å². The van der Waals surface area contributed by atoms with Gasteiger partial charge in [-0.15, -0.1) is 0 Å². The van der Waals surface area contributed by atoms with E-state index in [1.165, 1.54) is 0 Å². The standard InChI is InChI=1S/C9H18O2.C8H16O2/c1-5-8(4)9(10)11-6-7(2)3;1-6(2)5-10-8(9)7(3)4/h7-8H,5-6H2,1-4H3;6-7H,5H2,1-4H3. The highest BCUT2D eigenvalue weighted by molar-refractivity contribution is 5.72. The number of carbonyl (C=O) groups is 2. The molecule has 4 heteroatoms. The van der Waals surface area contributed by atoms with E-state index >= 15 is 0 Å². The summed E-state index contributed by atoms with van der Waals surface area (Å²) in [7, 11) is 0. The molecule has 0 fully saturated rings. The van der Waals surface area contributed by atoms with E-state index in [9.17, 15) is 9.59 Å². The second-order valence-corrected chi connectivity index (χ2v) is 6.51. The Kier molecular flexibility index (Phi) is 13.4. The van der Waals surface area contributed by atoms with Crippen LogP contribution < -0.4 is 0 Å². The first-order chi connectivity index (χ1) is 9.61. The molecule has 0 rings (SSSR count). The Morgan fingerprint density at radius 2 is 1.14 bits per heavy atom. The molecule has 126 valence electrons. The highest BCUT2D eigenvalue weighted by Gasteiger charge is 2.11. The van der Waals surface area contributed by atoms with E-state index in [1.54, 1.807) is 0 Å². The Bertz CT molecular complexity index is 283. The van der Waals surface area contributed by atoms with Gasteiger partial charge in [-0.1, -0.05) is 55.4 Å². The normalized spacial score (nSPS) is 12.0. The lowest BCUT2D eigenvalue weighted by Gasteiger charge is -2.10. The van der Waals surface area contributed by atoms with Crippen LogP contribution >= 0.6 is 0 Å². The maximum absolute atomic E-state index is 11.1. The SMILES string of the molecule is CC(C)COC(=O)C(C)C.CCC(C)C(=O)OCC(C)C. The Hall–Kier alpha value is -1.06. The smallest absolute Gasteiger partial charge is 0.308 e. The molecule has 0 aromatic carbocycles. The number of hydrogen-bond donors (Lipinski definition) is 0. The zero-order chi connectivity index (χ0) is 17.0. The van der Waals surface area contributed by atoms with E-state index in [4.69, 9.17) is 9.47 Å². The molecule has 0 aliphatic carbocycles. The van der Waals surface area contributed by atoms with Crippen LogP contribution in [0.2, 0.25) is 0 Å². The van der Waals surface area contributed by atoms with Gasteiger partial charge in [0.1, 0.15) is 0 Å². The van der Waals surface area contributed by atoms with Crippen molar-refractivity contribution >= 4 is 11.9 Å². The van der Waals surface area contributed by atoms with Gasteiger partial charge in [0.05, 0.1) is 25.0 Å². The van der Waals surface area contributed by atoms with Crippen LogP contribution in [0.3, 0.4) is 0 Å². The molecule has 0 bridgehead atoms. The maximum atomic E-state index is 11.1. The predicted octanol–water partition coefficient (Wildman–Crippen LogP) is 4.07. The lowest BCUT2D eigenvalue weighted by Crippen LogP contribution is -2.16. The van der Waals surface area contributed by atoms with Crippen LogP contribution in [0.25, 0.3) is 0 Å². The van der Waals surface area contributed by atoms with Gasteiger partial charge in [-0.2, -0.15) is 0 Å². The van der Waals surface area contributed by atoms with Gasteiger partial charge in [-0.05, 0) is 18.3 Å². The summed E-state index contributed by atoms with van der Waals surface area (Å²) >= 11 is 0. The largest absolute Gasteiger partial charge is 0.465 e. The van der Waals surface area contributed by atoms with Gasteiger partial charge in [-0.25, -0.2) is 0 Å². The number of hydrogen-bond acceptors (Lipinski definition) is 4. The molecule has 0 aromatic heterocycles. The number of rotatable bonds is 7. The summed E-state index contributed by atoms with van der Waals surface area (Å²) in [6.45, 7) is 16.7. The fourth-order valence-electron chi connectivity index (χ4n) is 0.973. The van der Waals surface area contributed by atoms with Gasteiger partial charge in [0.15, 0.2) is 0 Å². The topological polar surface area (TPSA) is 52.6 Å². The van der Waals surface area contributed by atoms with Crippen molar-refractivity contribution in [3.63, 3.8) is 0 Å². The first-order valence-corrected chi connectivity index (χ1v) is 7.94. The van der Waals surface area contributed by atoms with Crippen molar-refractivity contribution in [2.75, 3.05) is 13.2 Å². The van der Waals surface area contributed by atoms with Crippen LogP contribution in [0.1, 0.15) is 61.8 Å². The Labute approximate surface area is 130 Å². The fourth-order valence-corrected chi connectivity index (χ4v) is 0.973. The molecule has 0 aromatic rings. The van der Waals surface area contributed by atoms with Crippen molar-refractivity contribution in [3.8, 4) is 0 Å². The van der Waals surface area contributed by atoms with Gasteiger partial charge < -0.3 is 9.47 Å². The summed E-state index contributed by atoms with van der Waals surface area (Å²) in [5.41, 5.74) is 0. The number of esters is 2. The van der Waals surface area contributed by atoms with E-state index in [-0.39, 0.29) is 23.8 Å². The van der Waals surface area contributed by atoms with Crippen molar-refractivity contribution in [3.05, 3.63) is 0 Å². The van der Waals surface area contributed by atoms with E-state index in [0.29, 0.717) is 25.0 Å². The summed E-state index contributed by atoms with van der Waals surface area (Å²) in [6, 6.07) is 0. The Balaban J connectivity index is 0. The second kappa shape index (κ2) is 12.7. The third-order valence-corrected chi connectivity index (χ3v) is 2.60. The molecule has 0 amide bonds. The maximum Gasteiger partial charge on any atom is 0.308 e. The molecule has 0 saturated carbocycles. The fraction of sp³-hybridized carbons (Fsp3) is 0.882. The van der Waals surface area contributed by atoms with E-state index < -0.39 is 0 Å². The van der Waals surface area contributed by atoms with Gasteiger partial charge in [0, 0.05) is 0 Å². The average molecular weight is 302 g/mol. The molecule has 0 N–H and O–H groups in total. The highest BCUT2D eigenvalue weighted by Crippen LogP contribution is 2.04. The van der Waals surface area contributed by atoms with Gasteiger partial charge in [0.2, 0.25) is 0 Å². The van der Waals surface area contributed by atoms with Gasteiger partial charge in [-0.3, -0.25) is 9.59 Å². The zero-order valence-electron chi connectivity index (χ0n) is 15.1. The van der Waals surface area contributed by atoms with Gasteiger partial charge >= 0.3 is 11.9 Å². The van der Waals surface area contributed by atoms with Crippen molar-refractivity contribution in [2.24, 2.45) is 23.7 Å². The van der Waals surface area contributed by atoms with Crippen LogP contribution in [0.4, 0.5) is 0 Å². The summed E-state index contributed by atoms with van der Waals surface area (Å²) in [5.74, 6) is 0.744. The molecule has 0 saturated heterocycles. The minimum atomic E-state index is -0.103. The quantitative estimate of drug-likeness (QED) is 0.665. The molecule has 0 spiro atoms. The molecular formula is C17H34O4. The lowest BCUT2D eigenvalue weighted by molar-refractivity contribution is -0.149. The van der Waals surface area contributed by atoms with Crippen LogP contribution in [0, 0.1) is 23.7 Å². The average Bonchev–Trinajstić information content (AvgIpc) is 2.41. The Morgan fingerprint density at radius 3 is 1.43 bits per heavy atom. The molecule has 21 heavy (non-hydrogen) atoms. The number of ether oxygens (including phenoxy) is 2. The first-order valence-electron chi connectivity index (χ1n) is 7.94. The summed E-state index contributed by atoms with van der Waals surface area (Å²) in [5, 5.41) is 0. The second-order valence-electron chi connectivity index (χ2n) is 6.51. The molecule has 4 nitrogen and oxygen atoms in total. The Morgan fingerprint density at radius 1 is 0.762 bits per heavy atom. The van der Waals surface area contributed by atoms with Crippen LogP contribution in [-0.4, -0.2) is 25.2 Å². The molecule has 0 heterocycles. The molecule has 0 radical (unpaired) electrons. The summed E-state index contributed by atoms with van der Waals surface area (Å²) < 4.78 is 9.94. The van der Waals surface area contributed by atoms with Crippen molar-refractivity contribution in [1.82, 2.24) is 0 Å². The zero-order valence-corrected chi connectivity index (χ0v) is 15.1. The van der Waals surface area contributed by atoms with Crippen molar-refractivity contribution in [2.45, 2.75) is 61.8 Å². The van der Waals surface area contributed by atoms with Crippen LogP contribution in [0.15, 0.2) is 0 Å². The van der Waals surface area contributed by atoms with Crippen molar-refractivity contribution in [1.29, 1.82) is 0 Å². The van der Waals surface area contributed by atoms with Gasteiger partial charge in [0.25, 0.3) is 0 Å². The first kappa shape index (κ1) is 22.2. The van der Waals surface area contributed by atoms with Crippen molar-refractivity contribution < 1.29 is 19.1 Å². The minimum Gasteiger partial charge on any atom is -0.465 e. The molecule has 1 unspecified atom stereocenters. The summed E-state index contributed by atoms with van der Waals surface area (Å²) in [4.78, 5) is 21.9. The third-order valence-electron chi connectivity index (χ3n) is 2.60. The lowest BCUT2D eigenvalue weighted by atomic mass is 10.1. The molecule has 0 aliphatic rings. The molecular weight excluding hydrogens is 268 g/mol. The highest BCUT2D eigenvalue weighted by atomic mass is 16.5. The summed E-state index contributed by atoms with van der Waals surface area (Å²) in [6.07, 6.45) is 0.858. The van der Waals surface area contributed by atoms with Crippen LogP contribution in [-0.2, 0) is 19.1 Å². The third kappa shape index (κ3) is 15.2. The predicted molar refractivity (Wildman–Crippen MR) is 85.9 cm³/mol. The number of carbonyl (C=O) groups excluding carboxylic acids is 2. The monoisotopic (exact) mass is 302 g/mol. The van der Waals surface area contributed by atoms with E-state index in [0.717, 1.165) is 6.42 Å². The minimum absolute atomic E-state index is 0.00116. The van der Waals surface area contributed by atoms with Crippen LogP contribution in [0.5, 0.6) is 0 Å². The molecule has 0 aliphatic heterocycles. The molecule has 1 atom stereocenters. The van der Waals surface area contributed by atoms with E-state index in [1.807, 2.05) is 55.4 Å².